The van der Waals surface area contributed by atoms with Gasteiger partial charge in [0.15, 0.2) is 6.73 Å². The van der Waals surface area contributed by atoms with E-state index in [-0.39, 0.29) is 42.0 Å². The normalized spacial score (nSPS) is 17.2. The van der Waals surface area contributed by atoms with E-state index in [2.05, 4.69) is 0 Å². The average Bonchev–Trinajstić information content (AvgIpc) is 3.08. The fourth-order valence-electron chi connectivity index (χ4n) is 3.96. The van der Waals surface area contributed by atoms with Crippen molar-refractivity contribution in [2.24, 2.45) is 5.92 Å². The Morgan fingerprint density at radius 1 is 0.970 bits per heavy atom. The lowest BCUT2D eigenvalue weighted by atomic mass is 9.98. The lowest BCUT2D eigenvalue weighted by Gasteiger charge is -2.30. The number of ether oxygens (including phenoxy) is 2. The van der Waals surface area contributed by atoms with Crippen LogP contribution in [0.3, 0.4) is 0 Å². The van der Waals surface area contributed by atoms with Crippen LogP contribution in [0.1, 0.15) is 40.5 Å². The number of piperidine rings is 1. The summed E-state index contributed by atoms with van der Waals surface area (Å²) in [5.74, 6) is -1.47. The predicted octanol–water partition coefficient (Wildman–Crippen LogP) is 2.28. The zero-order chi connectivity index (χ0) is 23.6. The summed E-state index contributed by atoms with van der Waals surface area (Å²) in [6, 6.07) is 12.7. The maximum absolute atomic E-state index is 12.9. The molecular formula is C23H24N2O7S. The number of hydrogen-bond acceptors (Lipinski definition) is 7. The number of imide groups is 1. The fourth-order valence-corrected chi connectivity index (χ4v) is 5.43. The van der Waals surface area contributed by atoms with E-state index in [9.17, 15) is 22.8 Å². The lowest BCUT2D eigenvalue weighted by Crippen LogP contribution is -2.41. The summed E-state index contributed by atoms with van der Waals surface area (Å²) in [5.41, 5.74) is 0.567. The third kappa shape index (κ3) is 4.49. The van der Waals surface area contributed by atoms with E-state index in [0.717, 1.165) is 4.90 Å². The van der Waals surface area contributed by atoms with E-state index in [1.807, 2.05) is 6.92 Å². The highest BCUT2D eigenvalue weighted by atomic mass is 32.2. The van der Waals surface area contributed by atoms with E-state index in [1.165, 1.54) is 16.4 Å². The minimum absolute atomic E-state index is 0.164. The molecule has 0 bridgehead atoms. The van der Waals surface area contributed by atoms with Crippen molar-refractivity contribution in [2.75, 3.05) is 26.4 Å². The first-order valence-corrected chi connectivity index (χ1v) is 12.1. The van der Waals surface area contributed by atoms with E-state index in [0.29, 0.717) is 12.4 Å². The highest BCUT2D eigenvalue weighted by molar-refractivity contribution is 7.89. The summed E-state index contributed by atoms with van der Waals surface area (Å²) in [5, 5.41) is 0. The van der Waals surface area contributed by atoms with Gasteiger partial charge in [0.2, 0.25) is 10.0 Å². The second-order valence-electron chi connectivity index (χ2n) is 7.76. The van der Waals surface area contributed by atoms with Gasteiger partial charge < -0.3 is 9.47 Å². The molecule has 0 aliphatic carbocycles. The number of esters is 1. The summed E-state index contributed by atoms with van der Waals surface area (Å²) < 4.78 is 37.7. The molecule has 0 aromatic heterocycles. The quantitative estimate of drug-likeness (QED) is 0.449. The molecule has 33 heavy (non-hydrogen) atoms. The molecule has 0 N–H and O–H groups in total. The van der Waals surface area contributed by atoms with Crippen molar-refractivity contribution in [3.05, 3.63) is 59.7 Å². The number of carbonyl (C=O) groups is 3. The number of fused-ring (bicyclic) bond motifs is 1. The predicted molar refractivity (Wildman–Crippen MR) is 117 cm³/mol. The molecule has 2 amide bonds. The Morgan fingerprint density at radius 3 is 2.09 bits per heavy atom. The summed E-state index contributed by atoms with van der Waals surface area (Å²) in [6.07, 6.45) is 0.578. The maximum Gasteiger partial charge on any atom is 0.310 e. The van der Waals surface area contributed by atoms with Crippen LogP contribution in [0.4, 0.5) is 0 Å². The van der Waals surface area contributed by atoms with E-state index < -0.39 is 40.5 Å². The van der Waals surface area contributed by atoms with Crippen LogP contribution in [0.25, 0.3) is 0 Å². The lowest BCUT2D eigenvalue weighted by molar-refractivity contribution is -0.152. The Balaban J connectivity index is 1.31. The van der Waals surface area contributed by atoms with Crippen LogP contribution in [0.15, 0.2) is 53.4 Å². The first-order valence-electron chi connectivity index (χ1n) is 10.7. The molecule has 0 saturated carbocycles. The highest BCUT2D eigenvalue weighted by Gasteiger charge is 2.37. The fraction of sp³-hybridized carbons (Fsp3) is 0.348. The second kappa shape index (κ2) is 9.32. The topological polar surface area (TPSA) is 110 Å². The third-order valence-corrected chi connectivity index (χ3v) is 7.69. The zero-order valence-corrected chi connectivity index (χ0v) is 18.9. The molecule has 0 atom stereocenters. The molecule has 0 radical (unpaired) electrons. The monoisotopic (exact) mass is 472 g/mol. The Labute approximate surface area is 191 Å². The van der Waals surface area contributed by atoms with Gasteiger partial charge in [0, 0.05) is 13.1 Å². The Bertz CT molecular complexity index is 1130. The molecule has 174 valence electrons. The number of nitrogens with zero attached hydrogens (tertiary/aromatic N) is 2. The smallest absolute Gasteiger partial charge is 0.310 e. The Hall–Kier alpha value is -3.24. The third-order valence-electron chi connectivity index (χ3n) is 5.77. The van der Waals surface area contributed by atoms with Crippen molar-refractivity contribution in [2.45, 2.75) is 24.7 Å². The molecule has 1 saturated heterocycles. The SMILES string of the molecule is CCOc1ccc(S(=O)(=O)N2CCC(C(=O)OCN3C(=O)c4ccccc4C3=O)CC2)cc1. The first-order chi connectivity index (χ1) is 15.8. The van der Waals surface area contributed by atoms with Gasteiger partial charge in [-0.15, -0.1) is 0 Å². The van der Waals surface area contributed by atoms with Crippen molar-refractivity contribution in [1.29, 1.82) is 0 Å². The van der Waals surface area contributed by atoms with Gasteiger partial charge in [-0.05, 0) is 56.2 Å². The van der Waals surface area contributed by atoms with Crippen molar-refractivity contribution in [1.82, 2.24) is 9.21 Å². The molecule has 2 aromatic carbocycles. The number of rotatable bonds is 7. The van der Waals surface area contributed by atoms with Gasteiger partial charge in [0.1, 0.15) is 5.75 Å². The van der Waals surface area contributed by atoms with E-state index in [4.69, 9.17) is 9.47 Å². The second-order valence-corrected chi connectivity index (χ2v) is 9.70. The highest BCUT2D eigenvalue weighted by Crippen LogP contribution is 2.27. The molecular weight excluding hydrogens is 448 g/mol. The van der Waals surface area contributed by atoms with Gasteiger partial charge in [0.25, 0.3) is 11.8 Å². The average molecular weight is 473 g/mol. The number of sulfonamides is 1. The molecule has 2 aliphatic heterocycles. The van der Waals surface area contributed by atoms with Crippen molar-refractivity contribution < 1.29 is 32.3 Å². The Kier molecular flexibility index (Phi) is 6.48. The van der Waals surface area contributed by atoms with Gasteiger partial charge >= 0.3 is 5.97 Å². The number of hydrogen-bond donors (Lipinski definition) is 0. The number of amides is 2. The molecule has 10 heteroatoms. The first kappa shape index (κ1) is 22.9. The van der Waals surface area contributed by atoms with E-state index in [1.54, 1.807) is 36.4 Å². The largest absolute Gasteiger partial charge is 0.494 e. The maximum atomic E-state index is 12.9. The molecule has 0 spiro atoms. The summed E-state index contributed by atoms with van der Waals surface area (Å²) in [6.45, 7) is 2.21. The van der Waals surface area contributed by atoms with Gasteiger partial charge in [-0.2, -0.15) is 4.31 Å². The zero-order valence-electron chi connectivity index (χ0n) is 18.1. The molecule has 0 unspecified atom stereocenters. The molecule has 9 nitrogen and oxygen atoms in total. The Morgan fingerprint density at radius 2 is 1.55 bits per heavy atom. The van der Waals surface area contributed by atoms with Crippen molar-refractivity contribution in [3.63, 3.8) is 0 Å². The minimum atomic E-state index is -3.69. The molecule has 4 rings (SSSR count). The molecule has 2 heterocycles. The molecule has 1 fully saturated rings. The van der Waals surface area contributed by atoms with Crippen molar-refractivity contribution >= 4 is 27.8 Å². The van der Waals surface area contributed by atoms with Crippen molar-refractivity contribution in [3.8, 4) is 5.75 Å². The van der Waals surface area contributed by atoms with Crippen LogP contribution >= 0.6 is 0 Å². The van der Waals surface area contributed by atoms with Crippen LogP contribution < -0.4 is 4.74 Å². The minimum Gasteiger partial charge on any atom is -0.494 e. The summed E-state index contributed by atoms with van der Waals surface area (Å²) in [7, 11) is -3.69. The van der Waals surface area contributed by atoms with Gasteiger partial charge in [-0.3, -0.25) is 14.4 Å². The molecule has 2 aliphatic rings. The van der Waals surface area contributed by atoms with Crippen LogP contribution in [-0.4, -0.2) is 61.8 Å². The number of benzene rings is 2. The number of carbonyl (C=O) groups excluding carboxylic acids is 3. The summed E-state index contributed by atoms with van der Waals surface area (Å²) >= 11 is 0. The standard InChI is InChI=1S/C23H24N2O7S/c1-2-31-17-7-9-18(10-8-17)33(29,30)24-13-11-16(12-14-24)23(28)32-15-25-21(26)19-5-3-4-6-20(19)22(25)27/h3-10,16H,2,11-15H2,1H3. The van der Waals surface area contributed by atoms with E-state index >= 15 is 0 Å². The van der Waals surface area contributed by atoms with Crippen LogP contribution in [0.2, 0.25) is 0 Å². The summed E-state index contributed by atoms with van der Waals surface area (Å²) in [4.78, 5) is 38.3. The van der Waals surface area contributed by atoms with Crippen LogP contribution in [0, 0.1) is 5.92 Å². The van der Waals surface area contributed by atoms with Gasteiger partial charge in [0.05, 0.1) is 28.5 Å². The van der Waals surface area contributed by atoms with Crippen LogP contribution in [0.5, 0.6) is 5.75 Å². The van der Waals surface area contributed by atoms with Crippen LogP contribution in [-0.2, 0) is 19.6 Å². The molecule has 2 aromatic rings. The van der Waals surface area contributed by atoms with Gasteiger partial charge in [-0.25, -0.2) is 13.3 Å². The van der Waals surface area contributed by atoms with Gasteiger partial charge in [-0.1, -0.05) is 12.1 Å².